The summed E-state index contributed by atoms with van der Waals surface area (Å²) < 4.78 is 63.6. The lowest BCUT2D eigenvalue weighted by Crippen LogP contribution is -2.16. The third-order valence-corrected chi connectivity index (χ3v) is 4.01. The molecular formula is C9H6ClF3N4O2S. The Balaban J connectivity index is 2.46. The van der Waals surface area contributed by atoms with Gasteiger partial charge in [-0.05, 0) is 18.2 Å². The van der Waals surface area contributed by atoms with E-state index in [0.717, 1.165) is 12.4 Å². The predicted octanol–water partition coefficient (Wildman–Crippen LogP) is 2.28. The highest BCUT2D eigenvalue weighted by atomic mass is 35.5. The Hall–Kier alpha value is -1.81. The van der Waals surface area contributed by atoms with Gasteiger partial charge in [0.05, 0.1) is 10.6 Å². The van der Waals surface area contributed by atoms with Crippen molar-refractivity contribution >= 4 is 27.6 Å². The lowest BCUT2D eigenvalue weighted by molar-refractivity contribution is -0.137. The lowest BCUT2D eigenvalue weighted by Gasteiger charge is -2.11. The van der Waals surface area contributed by atoms with Crippen molar-refractivity contribution in [3.8, 4) is 0 Å². The summed E-state index contributed by atoms with van der Waals surface area (Å²) in [5.41, 5.74) is -1.13. The second-order valence-electron chi connectivity index (χ2n) is 3.58. The van der Waals surface area contributed by atoms with Gasteiger partial charge in [0.15, 0.2) is 0 Å². The fourth-order valence-electron chi connectivity index (χ4n) is 1.32. The molecule has 0 spiro atoms. The summed E-state index contributed by atoms with van der Waals surface area (Å²) in [7, 11) is -4.31. The number of anilines is 1. The number of hydrogen-bond acceptors (Lipinski definition) is 4. The highest BCUT2D eigenvalue weighted by molar-refractivity contribution is 7.92. The van der Waals surface area contributed by atoms with Crippen LogP contribution in [-0.2, 0) is 16.2 Å². The van der Waals surface area contributed by atoms with Gasteiger partial charge < -0.3 is 0 Å². The Kier molecular flexibility index (Phi) is 3.61. The minimum Gasteiger partial charge on any atom is -0.248 e. The number of nitrogens with zero attached hydrogens (tertiary/aromatic N) is 2. The molecule has 0 radical (unpaired) electrons. The molecule has 0 saturated heterocycles. The molecule has 0 bridgehead atoms. The highest BCUT2D eigenvalue weighted by Crippen LogP contribution is 2.33. The number of sulfonamides is 1. The van der Waals surface area contributed by atoms with Crippen molar-refractivity contribution in [3.05, 3.63) is 35.1 Å². The van der Waals surface area contributed by atoms with Crippen LogP contribution in [0.2, 0.25) is 5.02 Å². The van der Waals surface area contributed by atoms with Crippen molar-refractivity contribution in [3.63, 3.8) is 0 Å². The van der Waals surface area contributed by atoms with E-state index in [9.17, 15) is 21.6 Å². The normalized spacial score (nSPS) is 12.4. The van der Waals surface area contributed by atoms with E-state index < -0.39 is 26.7 Å². The molecule has 0 unspecified atom stereocenters. The summed E-state index contributed by atoms with van der Waals surface area (Å²) in [6.45, 7) is 0. The van der Waals surface area contributed by atoms with Gasteiger partial charge in [0.1, 0.15) is 11.2 Å². The highest BCUT2D eigenvalue weighted by Gasteiger charge is 2.32. The number of nitrogens with one attached hydrogen (secondary N) is 2. The van der Waals surface area contributed by atoms with Crippen LogP contribution in [0.4, 0.5) is 19.1 Å². The molecule has 1 aromatic carbocycles. The predicted molar refractivity (Wildman–Crippen MR) is 63.6 cm³/mol. The molecule has 2 N–H and O–H groups in total. The summed E-state index contributed by atoms with van der Waals surface area (Å²) in [5, 5.41) is 5.27. The fourth-order valence-corrected chi connectivity index (χ4v) is 2.81. The molecule has 0 aliphatic rings. The van der Waals surface area contributed by atoms with E-state index in [-0.39, 0.29) is 11.0 Å². The minimum absolute atomic E-state index is 0.238. The number of rotatable bonds is 3. The standard InChI is InChI=1S/C9H6ClF3N4O2S/c10-6-2-1-5(9(11,12)13)3-7(6)20(18,19)17-8-14-4-15-16-8/h1-4H,(H2,14,15,16,17). The first-order chi connectivity index (χ1) is 9.20. The number of halogens is 4. The number of aromatic amines is 1. The van der Waals surface area contributed by atoms with E-state index in [4.69, 9.17) is 11.6 Å². The third-order valence-electron chi connectivity index (χ3n) is 2.19. The molecule has 1 heterocycles. The molecule has 108 valence electrons. The summed E-state index contributed by atoms with van der Waals surface area (Å²) in [4.78, 5) is 2.80. The second kappa shape index (κ2) is 4.94. The summed E-state index contributed by atoms with van der Waals surface area (Å²) >= 11 is 5.64. The van der Waals surface area contributed by atoms with Crippen LogP contribution in [0.1, 0.15) is 5.56 Å². The molecule has 20 heavy (non-hydrogen) atoms. The Morgan fingerprint density at radius 1 is 1.30 bits per heavy atom. The topological polar surface area (TPSA) is 87.7 Å². The number of alkyl halides is 3. The zero-order valence-electron chi connectivity index (χ0n) is 9.44. The smallest absolute Gasteiger partial charge is 0.248 e. The van der Waals surface area contributed by atoms with Crippen molar-refractivity contribution in [1.82, 2.24) is 15.2 Å². The van der Waals surface area contributed by atoms with Gasteiger partial charge in [-0.25, -0.2) is 18.2 Å². The van der Waals surface area contributed by atoms with Crippen molar-refractivity contribution < 1.29 is 21.6 Å². The summed E-state index contributed by atoms with van der Waals surface area (Å²) in [6.07, 6.45) is -3.65. The molecule has 0 atom stereocenters. The maximum absolute atomic E-state index is 12.6. The van der Waals surface area contributed by atoms with Crippen molar-refractivity contribution in [2.75, 3.05) is 4.72 Å². The zero-order valence-corrected chi connectivity index (χ0v) is 11.0. The van der Waals surface area contributed by atoms with E-state index >= 15 is 0 Å². The first-order valence-electron chi connectivity index (χ1n) is 4.95. The van der Waals surface area contributed by atoms with Gasteiger partial charge >= 0.3 is 6.18 Å². The maximum atomic E-state index is 12.6. The van der Waals surface area contributed by atoms with Crippen LogP contribution >= 0.6 is 11.6 Å². The lowest BCUT2D eigenvalue weighted by atomic mass is 10.2. The molecule has 0 fully saturated rings. The molecular weight excluding hydrogens is 321 g/mol. The van der Waals surface area contributed by atoms with Crippen LogP contribution in [0, 0.1) is 0 Å². The van der Waals surface area contributed by atoms with Crippen LogP contribution < -0.4 is 4.72 Å². The van der Waals surface area contributed by atoms with E-state index in [0.29, 0.717) is 12.1 Å². The van der Waals surface area contributed by atoms with Gasteiger partial charge in [0, 0.05) is 0 Å². The molecule has 2 rings (SSSR count). The Bertz CT molecular complexity index is 715. The number of hydrogen-bond donors (Lipinski definition) is 2. The molecule has 0 amide bonds. The van der Waals surface area contributed by atoms with Crippen LogP contribution in [0.3, 0.4) is 0 Å². The average Bonchev–Trinajstić information content (AvgIpc) is 2.79. The molecule has 11 heteroatoms. The van der Waals surface area contributed by atoms with E-state index in [1.165, 1.54) is 0 Å². The summed E-state index contributed by atoms with van der Waals surface area (Å²) in [6, 6.07) is 2.00. The van der Waals surface area contributed by atoms with Crippen LogP contribution in [0.15, 0.2) is 29.4 Å². The average molecular weight is 327 g/mol. The van der Waals surface area contributed by atoms with E-state index in [2.05, 4.69) is 15.2 Å². The van der Waals surface area contributed by atoms with Gasteiger partial charge in [-0.15, -0.1) is 0 Å². The first-order valence-corrected chi connectivity index (χ1v) is 6.81. The molecule has 0 aliphatic carbocycles. The van der Waals surface area contributed by atoms with E-state index in [1.807, 2.05) is 4.72 Å². The number of aromatic nitrogens is 3. The Morgan fingerprint density at radius 3 is 2.55 bits per heavy atom. The minimum atomic E-state index is -4.68. The molecule has 6 nitrogen and oxygen atoms in total. The Morgan fingerprint density at radius 2 is 2.00 bits per heavy atom. The van der Waals surface area contributed by atoms with Crippen molar-refractivity contribution in [2.45, 2.75) is 11.1 Å². The van der Waals surface area contributed by atoms with Gasteiger partial charge in [-0.1, -0.05) is 11.6 Å². The monoisotopic (exact) mass is 326 g/mol. The van der Waals surface area contributed by atoms with Crippen LogP contribution in [0.25, 0.3) is 0 Å². The van der Waals surface area contributed by atoms with Gasteiger partial charge in [0.2, 0.25) is 5.95 Å². The first kappa shape index (κ1) is 14.6. The second-order valence-corrected chi connectivity index (χ2v) is 5.64. The van der Waals surface area contributed by atoms with Crippen molar-refractivity contribution in [2.24, 2.45) is 0 Å². The molecule has 0 saturated carbocycles. The Labute approximate surface area is 116 Å². The van der Waals surface area contributed by atoms with E-state index in [1.54, 1.807) is 0 Å². The number of H-pyrrole nitrogens is 1. The number of benzene rings is 1. The zero-order chi connectivity index (χ0) is 15.0. The molecule has 1 aromatic heterocycles. The molecule has 0 aliphatic heterocycles. The third kappa shape index (κ3) is 3.02. The summed E-state index contributed by atoms with van der Waals surface area (Å²) in [5.74, 6) is -0.238. The maximum Gasteiger partial charge on any atom is 0.416 e. The van der Waals surface area contributed by atoms with Gasteiger partial charge in [-0.3, -0.25) is 0 Å². The molecule has 2 aromatic rings. The van der Waals surface area contributed by atoms with Gasteiger partial charge in [-0.2, -0.15) is 23.3 Å². The van der Waals surface area contributed by atoms with Crippen molar-refractivity contribution in [1.29, 1.82) is 0 Å². The SMILES string of the molecule is O=S(=O)(Nc1ncn[nH]1)c1cc(C(F)(F)F)ccc1Cl. The van der Waals surface area contributed by atoms with Crippen LogP contribution in [-0.4, -0.2) is 23.6 Å². The fraction of sp³-hybridized carbons (Fsp3) is 0.111. The van der Waals surface area contributed by atoms with Crippen LogP contribution in [0.5, 0.6) is 0 Å². The van der Waals surface area contributed by atoms with Gasteiger partial charge in [0.25, 0.3) is 10.0 Å². The largest absolute Gasteiger partial charge is 0.416 e. The quantitative estimate of drug-likeness (QED) is 0.905.